The van der Waals surface area contributed by atoms with Gasteiger partial charge in [-0.25, -0.2) is 9.18 Å². The predicted octanol–water partition coefficient (Wildman–Crippen LogP) is 1.85. The van der Waals surface area contributed by atoms with Crippen molar-refractivity contribution in [2.75, 3.05) is 7.11 Å². The Morgan fingerprint density at radius 2 is 2.06 bits per heavy atom. The molecule has 0 radical (unpaired) electrons. The number of carboxylic acids is 1. The summed E-state index contributed by atoms with van der Waals surface area (Å²) < 4.78 is 31.2. The molecule has 0 aliphatic rings. The van der Waals surface area contributed by atoms with Crippen LogP contribution in [-0.4, -0.2) is 23.3 Å². The fraction of sp³-hybridized carbons (Fsp3) is 0.222. The fourth-order valence-electron chi connectivity index (χ4n) is 1.12. The smallest absolute Gasteiger partial charge is 0.337 e. The van der Waals surface area contributed by atoms with Crippen LogP contribution in [0.25, 0.3) is 0 Å². The molecule has 1 atom stereocenters. The summed E-state index contributed by atoms with van der Waals surface area (Å²) >= 11 is 2.87. The molecule has 1 unspecified atom stereocenters. The van der Waals surface area contributed by atoms with Gasteiger partial charge < -0.3 is 14.9 Å². The first kappa shape index (κ1) is 12.9. The number of hydrogen-bond donors (Lipinski definition) is 2. The number of carboxylic acid groups (broad SMARTS) is 1. The minimum atomic E-state index is -2.13. The summed E-state index contributed by atoms with van der Waals surface area (Å²) in [5.41, 5.74) is -0.669. The lowest BCUT2D eigenvalue weighted by Crippen LogP contribution is -2.13. The molecule has 0 aliphatic carbocycles. The van der Waals surface area contributed by atoms with E-state index >= 15 is 0 Å². The van der Waals surface area contributed by atoms with Crippen LogP contribution in [0.3, 0.4) is 0 Å². The van der Waals surface area contributed by atoms with Crippen LogP contribution in [0.5, 0.6) is 5.75 Å². The molecule has 0 amide bonds. The van der Waals surface area contributed by atoms with Crippen molar-refractivity contribution in [3.63, 3.8) is 0 Å². The van der Waals surface area contributed by atoms with Crippen LogP contribution in [0, 0.1) is 11.6 Å². The van der Waals surface area contributed by atoms with Crippen LogP contribution in [0.2, 0.25) is 0 Å². The number of aliphatic hydroxyl groups excluding tert-OH is 1. The number of ether oxygens (including phenoxy) is 1. The Morgan fingerprint density at radius 1 is 1.50 bits per heavy atom. The third kappa shape index (κ3) is 2.14. The van der Waals surface area contributed by atoms with Gasteiger partial charge in [-0.2, -0.15) is 4.39 Å². The molecule has 1 aromatic rings. The highest BCUT2D eigenvalue weighted by Gasteiger charge is 2.26. The maximum Gasteiger partial charge on any atom is 0.337 e. The van der Waals surface area contributed by atoms with Gasteiger partial charge in [0.25, 0.3) is 0 Å². The van der Waals surface area contributed by atoms with E-state index in [-0.39, 0.29) is 10.2 Å². The average molecular weight is 297 g/mol. The van der Waals surface area contributed by atoms with E-state index in [1.54, 1.807) is 0 Å². The van der Waals surface area contributed by atoms with E-state index in [9.17, 15) is 13.6 Å². The lowest BCUT2D eigenvalue weighted by molar-refractivity contribution is -0.147. The lowest BCUT2D eigenvalue weighted by atomic mass is 10.1. The molecule has 1 aromatic carbocycles. The number of benzene rings is 1. The van der Waals surface area contributed by atoms with E-state index in [1.165, 1.54) is 0 Å². The molecule has 2 N–H and O–H groups in total. The van der Waals surface area contributed by atoms with Gasteiger partial charge in [0.2, 0.25) is 5.82 Å². The Kier molecular flexibility index (Phi) is 3.82. The zero-order chi connectivity index (χ0) is 12.5. The highest BCUT2D eigenvalue weighted by molar-refractivity contribution is 9.10. The first-order valence-corrected chi connectivity index (χ1v) is 4.81. The second kappa shape index (κ2) is 4.75. The Morgan fingerprint density at radius 3 is 2.50 bits per heavy atom. The van der Waals surface area contributed by atoms with Crippen molar-refractivity contribution in [1.82, 2.24) is 0 Å². The molecule has 1 rings (SSSR count). The van der Waals surface area contributed by atoms with Gasteiger partial charge in [-0.15, -0.1) is 0 Å². The van der Waals surface area contributed by atoms with Gasteiger partial charge in [0, 0.05) is 5.56 Å². The molecule has 7 heteroatoms. The van der Waals surface area contributed by atoms with Crippen molar-refractivity contribution >= 4 is 21.9 Å². The van der Waals surface area contributed by atoms with E-state index < -0.39 is 29.3 Å². The van der Waals surface area contributed by atoms with E-state index in [4.69, 9.17) is 10.2 Å². The zero-order valence-corrected chi connectivity index (χ0v) is 9.59. The van der Waals surface area contributed by atoms with Crippen molar-refractivity contribution in [2.24, 2.45) is 0 Å². The van der Waals surface area contributed by atoms with Gasteiger partial charge >= 0.3 is 5.97 Å². The molecular formula is C9H7BrF2O4. The highest BCUT2D eigenvalue weighted by Crippen LogP contribution is 2.34. The van der Waals surface area contributed by atoms with Crippen molar-refractivity contribution in [1.29, 1.82) is 0 Å². The number of rotatable bonds is 3. The molecule has 88 valence electrons. The van der Waals surface area contributed by atoms with Crippen LogP contribution in [-0.2, 0) is 4.79 Å². The van der Waals surface area contributed by atoms with E-state index in [1.807, 2.05) is 0 Å². The third-order valence-electron chi connectivity index (χ3n) is 1.88. The molecular weight excluding hydrogens is 290 g/mol. The minimum absolute atomic E-state index is 0.0178. The SMILES string of the molecule is COc1c(Br)cc(C(O)C(=O)O)c(F)c1F. The molecule has 0 aromatic heterocycles. The van der Waals surface area contributed by atoms with Gasteiger partial charge in [0.1, 0.15) is 0 Å². The van der Waals surface area contributed by atoms with E-state index in [0.717, 1.165) is 13.2 Å². The molecule has 0 saturated heterocycles. The molecule has 0 fully saturated rings. The van der Waals surface area contributed by atoms with Gasteiger partial charge in [0.05, 0.1) is 11.6 Å². The Balaban J connectivity index is 3.39. The number of hydrogen-bond acceptors (Lipinski definition) is 3. The Labute approximate surface area is 97.6 Å². The Bertz CT molecular complexity index is 436. The van der Waals surface area contributed by atoms with Crippen LogP contribution < -0.4 is 4.74 Å². The summed E-state index contributed by atoms with van der Waals surface area (Å²) in [6.07, 6.45) is -2.13. The second-order valence-corrected chi connectivity index (χ2v) is 3.70. The van der Waals surface area contributed by atoms with Gasteiger partial charge in [0.15, 0.2) is 17.7 Å². The number of halogens is 3. The first-order valence-electron chi connectivity index (χ1n) is 4.02. The number of aliphatic hydroxyl groups is 1. The van der Waals surface area contributed by atoms with E-state index in [2.05, 4.69) is 20.7 Å². The summed E-state index contributed by atoms with van der Waals surface area (Å²) in [6.45, 7) is 0. The van der Waals surface area contributed by atoms with Crippen molar-refractivity contribution in [3.8, 4) is 5.75 Å². The standard InChI is InChI=1S/C9H7BrF2O4/c1-16-8-4(10)2-3(5(11)6(8)12)7(13)9(14)15/h2,7,13H,1H3,(H,14,15). The molecule has 0 spiro atoms. The maximum absolute atomic E-state index is 13.3. The minimum Gasteiger partial charge on any atom is -0.492 e. The fourth-order valence-corrected chi connectivity index (χ4v) is 1.70. The van der Waals surface area contributed by atoms with Crippen LogP contribution in [0.15, 0.2) is 10.5 Å². The molecule has 0 saturated carbocycles. The third-order valence-corrected chi connectivity index (χ3v) is 2.47. The van der Waals surface area contributed by atoms with Crippen LogP contribution in [0.4, 0.5) is 8.78 Å². The van der Waals surface area contributed by atoms with Gasteiger partial charge in [-0.1, -0.05) is 0 Å². The van der Waals surface area contributed by atoms with Crippen molar-refractivity contribution < 1.29 is 28.5 Å². The predicted molar refractivity (Wildman–Crippen MR) is 53.2 cm³/mol. The Hall–Kier alpha value is -1.21. The van der Waals surface area contributed by atoms with Crippen LogP contribution in [0.1, 0.15) is 11.7 Å². The number of carbonyl (C=O) groups is 1. The summed E-state index contributed by atoms with van der Waals surface area (Å²) in [6, 6.07) is 0.954. The molecule has 0 aliphatic heterocycles. The number of methoxy groups -OCH3 is 1. The van der Waals surface area contributed by atoms with E-state index in [0.29, 0.717) is 0 Å². The average Bonchev–Trinajstić information content (AvgIpc) is 2.23. The molecule has 0 heterocycles. The molecule has 16 heavy (non-hydrogen) atoms. The quantitative estimate of drug-likeness (QED) is 0.836. The largest absolute Gasteiger partial charge is 0.492 e. The normalized spacial score (nSPS) is 12.3. The zero-order valence-electron chi connectivity index (χ0n) is 8.00. The monoisotopic (exact) mass is 296 g/mol. The lowest BCUT2D eigenvalue weighted by Gasteiger charge is -2.11. The second-order valence-electron chi connectivity index (χ2n) is 2.85. The van der Waals surface area contributed by atoms with Crippen molar-refractivity contribution in [3.05, 3.63) is 27.7 Å². The summed E-state index contributed by atoms with van der Waals surface area (Å²) in [5.74, 6) is -4.86. The maximum atomic E-state index is 13.3. The molecule has 0 bridgehead atoms. The number of aliphatic carboxylic acids is 1. The van der Waals surface area contributed by atoms with Crippen molar-refractivity contribution in [2.45, 2.75) is 6.10 Å². The summed E-state index contributed by atoms with van der Waals surface area (Å²) in [7, 11) is 1.13. The highest BCUT2D eigenvalue weighted by atomic mass is 79.9. The van der Waals surface area contributed by atoms with Gasteiger partial charge in [-0.05, 0) is 22.0 Å². The summed E-state index contributed by atoms with van der Waals surface area (Å²) in [4.78, 5) is 10.4. The first-order chi connectivity index (χ1) is 7.40. The van der Waals surface area contributed by atoms with Gasteiger partial charge in [-0.3, -0.25) is 0 Å². The summed E-state index contributed by atoms with van der Waals surface area (Å²) in [5, 5.41) is 17.6. The van der Waals surface area contributed by atoms with Crippen LogP contribution >= 0.6 is 15.9 Å². The topological polar surface area (TPSA) is 66.8 Å². The molecule has 4 nitrogen and oxygen atoms in total.